The summed E-state index contributed by atoms with van der Waals surface area (Å²) in [4.78, 5) is 9.45. The number of sulfone groups is 1. The Hall–Kier alpha value is -4.64. The van der Waals surface area contributed by atoms with Crippen molar-refractivity contribution >= 4 is 38.8 Å². The molecule has 0 spiro atoms. The van der Waals surface area contributed by atoms with Gasteiger partial charge in [-0.15, -0.1) is 0 Å². The summed E-state index contributed by atoms with van der Waals surface area (Å²) in [6.07, 6.45) is 1.92. The molecule has 0 aliphatic carbocycles. The molecule has 214 valence electrons. The van der Waals surface area contributed by atoms with Crippen LogP contribution in [0.15, 0.2) is 88.9 Å². The molecule has 4 rings (SSSR count). The van der Waals surface area contributed by atoms with Gasteiger partial charge in [-0.2, -0.15) is 15.1 Å². The van der Waals surface area contributed by atoms with E-state index >= 15 is 0 Å². The molecule has 1 heterocycles. The number of hydrazone groups is 1. The summed E-state index contributed by atoms with van der Waals surface area (Å²) in [7, 11) is -1.64. The lowest BCUT2D eigenvalue weighted by atomic mass is 10.1. The molecule has 0 aliphatic rings. The van der Waals surface area contributed by atoms with Gasteiger partial charge in [-0.3, -0.25) is 5.43 Å². The zero-order valence-electron chi connectivity index (χ0n) is 23.5. The molecule has 0 amide bonds. The first kappa shape index (κ1) is 29.3. The molecule has 0 atom stereocenters. The smallest absolute Gasteiger partial charge is 0.231 e. The first-order chi connectivity index (χ1) is 19.7. The van der Waals surface area contributed by atoms with Crippen molar-refractivity contribution < 1.29 is 17.9 Å². The second-order valence-electron chi connectivity index (χ2n) is 9.15. The lowest BCUT2D eigenvalue weighted by Gasteiger charge is -2.13. The molecule has 10 nitrogen and oxygen atoms in total. The Morgan fingerprint density at radius 1 is 0.927 bits per heavy atom. The van der Waals surface area contributed by atoms with Crippen LogP contribution < -0.4 is 25.5 Å². The summed E-state index contributed by atoms with van der Waals surface area (Å²) >= 11 is 0. The van der Waals surface area contributed by atoms with Crippen molar-refractivity contribution in [2.45, 2.75) is 25.2 Å². The number of anilines is 4. The van der Waals surface area contributed by atoms with Gasteiger partial charge in [0, 0.05) is 24.6 Å². The highest BCUT2D eigenvalue weighted by Gasteiger charge is 2.09. The summed E-state index contributed by atoms with van der Waals surface area (Å²) in [5.41, 5.74) is 6.40. The van der Waals surface area contributed by atoms with Crippen molar-refractivity contribution in [3.63, 3.8) is 0 Å². The lowest BCUT2D eigenvalue weighted by molar-refractivity contribution is 0.310. The van der Waals surface area contributed by atoms with Crippen LogP contribution in [0.25, 0.3) is 0 Å². The predicted molar refractivity (Wildman–Crippen MR) is 163 cm³/mol. The summed E-state index contributed by atoms with van der Waals surface area (Å²) < 4.78 is 34.6. The van der Waals surface area contributed by atoms with E-state index in [4.69, 9.17) is 9.47 Å². The van der Waals surface area contributed by atoms with E-state index in [0.717, 1.165) is 29.0 Å². The Bertz CT molecular complexity index is 1590. The second-order valence-corrected chi connectivity index (χ2v) is 11.2. The number of benzene rings is 3. The molecule has 0 saturated carbocycles. The van der Waals surface area contributed by atoms with E-state index in [1.54, 1.807) is 37.4 Å². The SMILES string of the molecule is CCOc1ccc(CCNc2cc(NN=C(C)c3ccc(S(C)(=O)=O)cc3)nc(Nc3ccccc3)n2)cc1OC. The fraction of sp³-hybridized carbons (Fsp3) is 0.233. The molecule has 0 bridgehead atoms. The third-order valence-corrected chi connectivity index (χ3v) is 7.17. The van der Waals surface area contributed by atoms with Crippen molar-refractivity contribution in [2.75, 3.05) is 42.6 Å². The highest BCUT2D eigenvalue weighted by atomic mass is 32.2. The number of hydrogen-bond donors (Lipinski definition) is 3. The highest BCUT2D eigenvalue weighted by Crippen LogP contribution is 2.28. The maximum atomic E-state index is 11.8. The fourth-order valence-corrected chi connectivity index (χ4v) is 4.56. The Kier molecular flexibility index (Phi) is 9.75. The van der Waals surface area contributed by atoms with Gasteiger partial charge in [0.25, 0.3) is 0 Å². The van der Waals surface area contributed by atoms with Crippen LogP contribution in [0.4, 0.5) is 23.3 Å². The van der Waals surface area contributed by atoms with Crippen molar-refractivity contribution in [1.29, 1.82) is 0 Å². The van der Waals surface area contributed by atoms with Gasteiger partial charge in [-0.1, -0.05) is 36.4 Å². The zero-order valence-corrected chi connectivity index (χ0v) is 24.3. The van der Waals surface area contributed by atoms with Gasteiger partial charge in [-0.25, -0.2) is 8.42 Å². The van der Waals surface area contributed by atoms with E-state index < -0.39 is 9.84 Å². The Morgan fingerprint density at radius 3 is 2.34 bits per heavy atom. The topological polar surface area (TPSA) is 127 Å². The quantitative estimate of drug-likeness (QED) is 0.140. The Morgan fingerprint density at radius 2 is 1.66 bits per heavy atom. The van der Waals surface area contributed by atoms with Crippen LogP contribution in [-0.4, -0.2) is 50.6 Å². The molecule has 0 unspecified atom stereocenters. The van der Waals surface area contributed by atoms with Gasteiger partial charge in [0.05, 0.1) is 24.3 Å². The van der Waals surface area contributed by atoms with Crippen LogP contribution in [0.2, 0.25) is 0 Å². The summed E-state index contributed by atoms with van der Waals surface area (Å²) in [6, 6.07) is 23.9. The molecule has 1 aromatic heterocycles. The molecule has 11 heteroatoms. The standard InChI is InChI=1S/C30H34N6O4S/c1-5-40-26-16-11-22(19-27(26)39-3)17-18-31-28-20-29(34-30(33-28)32-24-9-7-6-8-10-24)36-35-21(2)23-12-14-25(15-13-23)41(4,37)38/h6-16,19-20H,5,17-18H2,1-4H3,(H3,31,32,33,34,36). The minimum atomic E-state index is -3.27. The molecule has 0 radical (unpaired) electrons. The predicted octanol–water partition coefficient (Wildman–Crippen LogP) is 5.52. The number of aromatic nitrogens is 2. The fourth-order valence-electron chi connectivity index (χ4n) is 3.93. The molecule has 3 aromatic carbocycles. The minimum absolute atomic E-state index is 0.258. The summed E-state index contributed by atoms with van der Waals surface area (Å²) in [5.74, 6) is 2.92. The summed E-state index contributed by atoms with van der Waals surface area (Å²) in [6.45, 7) is 4.96. The molecular weight excluding hydrogens is 540 g/mol. The van der Waals surface area contributed by atoms with Crippen molar-refractivity contribution in [3.05, 3.63) is 90.0 Å². The largest absolute Gasteiger partial charge is 0.493 e. The van der Waals surface area contributed by atoms with E-state index in [0.29, 0.717) is 42.2 Å². The van der Waals surface area contributed by atoms with Gasteiger partial charge >= 0.3 is 0 Å². The maximum Gasteiger partial charge on any atom is 0.231 e. The highest BCUT2D eigenvalue weighted by molar-refractivity contribution is 7.90. The number of rotatable bonds is 13. The van der Waals surface area contributed by atoms with Crippen molar-refractivity contribution in [2.24, 2.45) is 5.10 Å². The number of methoxy groups -OCH3 is 1. The monoisotopic (exact) mass is 574 g/mol. The molecule has 41 heavy (non-hydrogen) atoms. The van der Waals surface area contributed by atoms with Gasteiger partial charge in [0.2, 0.25) is 5.95 Å². The van der Waals surface area contributed by atoms with Crippen LogP contribution in [0.5, 0.6) is 11.5 Å². The summed E-state index contributed by atoms with van der Waals surface area (Å²) in [5, 5.41) is 11.1. The number of nitrogens with one attached hydrogen (secondary N) is 3. The van der Waals surface area contributed by atoms with Crippen LogP contribution in [0.1, 0.15) is 25.0 Å². The number of ether oxygens (including phenoxy) is 2. The van der Waals surface area contributed by atoms with E-state index in [1.165, 1.54) is 6.26 Å². The first-order valence-corrected chi connectivity index (χ1v) is 15.0. The Balaban J connectivity index is 1.50. The molecule has 4 aromatic rings. The number of nitrogens with zero attached hydrogens (tertiary/aromatic N) is 3. The van der Waals surface area contributed by atoms with E-state index in [1.807, 2.05) is 62.4 Å². The normalized spacial score (nSPS) is 11.6. The average molecular weight is 575 g/mol. The van der Waals surface area contributed by atoms with Crippen LogP contribution in [0.3, 0.4) is 0 Å². The number of hydrogen-bond acceptors (Lipinski definition) is 10. The average Bonchev–Trinajstić information content (AvgIpc) is 2.97. The lowest BCUT2D eigenvalue weighted by Crippen LogP contribution is -2.10. The van der Waals surface area contributed by atoms with Crippen LogP contribution in [-0.2, 0) is 16.3 Å². The van der Waals surface area contributed by atoms with E-state index in [9.17, 15) is 8.42 Å². The van der Waals surface area contributed by atoms with E-state index in [2.05, 4.69) is 31.1 Å². The molecule has 3 N–H and O–H groups in total. The van der Waals surface area contributed by atoms with E-state index in [-0.39, 0.29) is 4.90 Å². The zero-order chi connectivity index (χ0) is 29.2. The van der Waals surface area contributed by atoms with Crippen molar-refractivity contribution in [3.8, 4) is 11.5 Å². The van der Waals surface area contributed by atoms with Gasteiger partial charge in [0.15, 0.2) is 27.2 Å². The van der Waals surface area contributed by atoms with Gasteiger partial charge in [0.1, 0.15) is 5.82 Å². The van der Waals surface area contributed by atoms with Crippen LogP contribution in [0, 0.1) is 0 Å². The molecular formula is C30H34N6O4S. The minimum Gasteiger partial charge on any atom is -0.493 e. The second kappa shape index (κ2) is 13.6. The Labute approximate surface area is 240 Å². The first-order valence-electron chi connectivity index (χ1n) is 13.1. The molecule has 0 aliphatic heterocycles. The van der Waals surface area contributed by atoms with Crippen molar-refractivity contribution in [1.82, 2.24) is 9.97 Å². The number of para-hydroxylation sites is 1. The van der Waals surface area contributed by atoms with Gasteiger partial charge in [-0.05, 0) is 67.8 Å². The third-order valence-electron chi connectivity index (χ3n) is 6.04. The van der Waals surface area contributed by atoms with Gasteiger partial charge < -0.3 is 20.1 Å². The molecule has 0 saturated heterocycles. The molecule has 0 fully saturated rings. The van der Waals surface area contributed by atoms with Crippen LogP contribution >= 0.6 is 0 Å². The third kappa shape index (κ3) is 8.42. The maximum absolute atomic E-state index is 11.8.